The van der Waals surface area contributed by atoms with Crippen LogP contribution >= 0.6 is 0 Å². The molecule has 5 heteroatoms. The van der Waals surface area contributed by atoms with Crippen LogP contribution in [0.3, 0.4) is 0 Å². The zero-order valence-electron chi connectivity index (χ0n) is 8.01. The molecule has 1 heterocycles. The Kier molecular flexibility index (Phi) is 3.16. The number of isocyanates is 1. The fourth-order valence-electron chi connectivity index (χ4n) is 1.01. The maximum absolute atomic E-state index is 10.0. The largest absolute Gasteiger partial charge is 0.270 e. The predicted octanol–water partition coefficient (Wildman–Crippen LogP) is 1.36. The molecule has 1 aromatic rings. The molecule has 0 aliphatic carbocycles. The molecule has 1 aromatic heterocycles. The summed E-state index contributed by atoms with van der Waals surface area (Å²) in [5.41, 5.74) is 0.615. The van der Waals surface area contributed by atoms with Crippen molar-refractivity contribution in [2.45, 2.75) is 25.9 Å². The first kappa shape index (κ1) is 10.2. The van der Waals surface area contributed by atoms with E-state index in [9.17, 15) is 4.79 Å². The predicted molar refractivity (Wildman–Crippen MR) is 49.1 cm³/mol. The van der Waals surface area contributed by atoms with Gasteiger partial charge in [-0.2, -0.15) is 15.4 Å². The Hall–Kier alpha value is -1.92. The summed E-state index contributed by atoms with van der Waals surface area (Å²) in [7, 11) is 0. The van der Waals surface area contributed by atoms with E-state index >= 15 is 0 Å². The summed E-state index contributed by atoms with van der Waals surface area (Å²) in [4.78, 5) is 13.4. The molecule has 1 atom stereocenters. The van der Waals surface area contributed by atoms with E-state index in [1.807, 2.05) is 19.9 Å². The molecular weight excluding hydrogens is 180 g/mol. The van der Waals surface area contributed by atoms with E-state index < -0.39 is 6.04 Å². The normalized spacial score (nSPS) is 11.9. The molecule has 0 N–H and O–H groups in total. The van der Waals surface area contributed by atoms with Crippen LogP contribution < -0.4 is 0 Å². The monoisotopic (exact) mass is 190 g/mol. The van der Waals surface area contributed by atoms with Gasteiger partial charge in [0.05, 0.1) is 12.3 Å². The van der Waals surface area contributed by atoms with Gasteiger partial charge in [-0.15, -0.1) is 0 Å². The van der Waals surface area contributed by atoms with Gasteiger partial charge in [-0.3, -0.25) is 4.68 Å². The summed E-state index contributed by atoms with van der Waals surface area (Å²) in [5, 5.41) is 12.7. The van der Waals surface area contributed by atoms with Gasteiger partial charge in [0.15, 0.2) is 6.04 Å². The summed E-state index contributed by atoms with van der Waals surface area (Å²) < 4.78 is 1.71. The highest BCUT2D eigenvalue weighted by Gasteiger charge is 2.11. The quantitative estimate of drug-likeness (QED) is 0.533. The van der Waals surface area contributed by atoms with Gasteiger partial charge >= 0.3 is 0 Å². The van der Waals surface area contributed by atoms with Gasteiger partial charge in [0.25, 0.3) is 0 Å². The molecule has 0 aliphatic heterocycles. The highest BCUT2D eigenvalue weighted by molar-refractivity contribution is 5.36. The molecule has 14 heavy (non-hydrogen) atoms. The molecule has 0 bridgehead atoms. The Morgan fingerprint density at radius 3 is 2.79 bits per heavy atom. The van der Waals surface area contributed by atoms with Crippen molar-refractivity contribution in [3.05, 3.63) is 18.0 Å². The fraction of sp³-hybridized carbons (Fsp3) is 0.444. The van der Waals surface area contributed by atoms with E-state index in [2.05, 4.69) is 10.1 Å². The van der Waals surface area contributed by atoms with Gasteiger partial charge in [0, 0.05) is 17.8 Å². The number of rotatable bonds is 3. The molecule has 0 saturated carbocycles. The van der Waals surface area contributed by atoms with Crippen molar-refractivity contribution < 1.29 is 4.79 Å². The summed E-state index contributed by atoms with van der Waals surface area (Å²) >= 11 is 0. The standard InChI is InChI=1S/C9H10N4O/c1-7(2)13-5-8(4-12-13)9(3-10)11-6-14/h4-5,7,9H,1-2H3. The maximum atomic E-state index is 10.0. The van der Waals surface area contributed by atoms with Gasteiger partial charge in [-0.25, -0.2) is 4.79 Å². The van der Waals surface area contributed by atoms with E-state index in [-0.39, 0.29) is 6.04 Å². The molecule has 0 amide bonds. The molecule has 0 radical (unpaired) electrons. The number of nitrogens with zero attached hydrogens (tertiary/aromatic N) is 4. The van der Waals surface area contributed by atoms with Gasteiger partial charge in [-0.05, 0) is 13.8 Å². The second kappa shape index (κ2) is 4.35. The third-order valence-electron chi connectivity index (χ3n) is 1.77. The van der Waals surface area contributed by atoms with Crippen LogP contribution in [0.1, 0.15) is 31.5 Å². The average Bonchev–Trinajstić information content (AvgIpc) is 2.63. The molecule has 1 unspecified atom stereocenters. The minimum Gasteiger partial charge on any atom is -0.270 e. The lowest BCUT2D eigenvalue weighted by Crippen LogP contribution is -2.00. The first-order valence-electron chi connectivity index (χ1n) is 4.19. The van der Waals surface area contributed by atoms with Crippen molar-refractivity contribution in [2.75, 3.05) is 0 Å². The summed E-state index contributed by atoms with van der Waals surface area (Å²) in [6.45, 7) is 3.95. The lowest BCUT2D eigenvalue weighted by Gasteiger charge is -2.03. The second-order valence-corrected chi connectivity index (χ2v) is 3.10. The summed E-state index contributed by atoms with van der Waals surface area (Å²) in [6, 6.07) is 1.32. The van der Waals surface area contributed by atoms with Crippen LogP contribution in [0, 0.1) is 11.3 Å². The smallest absolute Gasteiger partial charge is 0.236 e. The number of hydrogen-bond donors (Lipinski definition) is 0. The van der Waals surface area contributed by atoms with Crippen LogP contribution in [0.15, 0.2) is 17.4 Å². The molecular formula is C9H10N4O. The first-order chi connectivity index (χ1) is 6.69. The van der Waals surface area contributed by atoms with Crippen molar-refractivity contribution in [1.29, 1.82) is 5.26 Å². The number of aliphatic imine (C=N–C) groups is 1. The second-order valence-electron chi connectivity index (χ2n) is 3.10. The van der Waals surface area contributed by atoms with Crippen LogP contribution in [0.4, 0.5) is 0 Å². The van der Waals surface area contributed by atoms with Gasteiger partial charge < -0.3 is 0 Å². The van der Waals surface area contributed by atoms with Crippen LogP contribution in [-0.2, 0) is 4.79 Å². The molecule has 1 rings (SSSR count). The van der Waals surface area contributed by atoms with E-state index in [1.54, 1.807) is 10.9 Å². The Labute approximate surface area is 81.7 Å². The molecule has 72 valence electrons. The Morgan fingerprint density at radius 1 is 1.64 bits per heavy atom. The molecule has 0 aliphatic rings. The van der Waals surface area contributed by atoms with E-state index in [1.165, 1.54) is 12.3 Å². The Balaban J connectivity index is 2.96. The van der Waals surface area contributed by atoms with Crippen molar-refractivity contribution in [3.63, 3.8) is 0 Å². The summed E-state index contributed by atoms with van der Waals surface area (Å²) in [5.74, 6) is 0. The van der Waals surface area contributed by atoms with E-state index in [0.717, 1.165) is 0 Å². The number of carbonyl (C=O) groups excluding carboxylic acids is 1. The van der Waals surface area contributed by atoms with E-state index in [0.29, 0.717) is 5.56 Å². The van der Waals surface area contributed by atoms with Gasteiger partial charge in [0.1, 0.15) is 0 Å². The molecule has 0 fully saturated rings. The third-order valence-corrected chi connectivity index (χ3v) is 1.77. The lowest BCUT2D eigenvalue weighted by atomic mass is 10.2. The minimum absolute atomic E-state index is 0.225. The Morgan fingerprint density at radius 2 is 2.36 bits per heavy atom. The summed E-state index contributed by atoms with van der Waals surface area (Å²) in [6.07, 6.45) is 4.62. The molecule has 0 aromatic carbocycles. The van der Waals surface area contributed by atoms with Crippen LogP contribution in [0.25, 0.3) is 0 Å². The molecule has 0 spiro atoms. The topological polar surface area (TPSA) is 71.0 Å². The van der Waals surface area contributed by atoms with Gasteiger partial charge in [-0.1, -0.05) is 0 Å². The van der Waals surface area contributed by atoms with Crippen molar-refractivity contribution in [2.24, 2.45) is 4.99 Å². The number of nitriles is 1. The van der Waals surface area contributed by atoms with Crippen LogP contribution in [0.2, 0.25) is 0 Å². The Bertz CT molecular complexity index is 395. The first-order valence-corrected chi connectivity index (χ1v) is 4.19. The molecule has 5 nitrogen and oxygen atoms in total. The minimum atomic E-state index is -0.792. The highest BCUT2D eigenvalue weighted by atomic mass is 16.1. The lowest BCUT2D eigenvalue weighted by molar-refractivity contribution is 0.532. The van der Waals surface area contributed by atoms with Crippen LogP contribution in [0.5, 0.6) is 0 Å². The molecule has 0 saturated heterocycles. The number of aromatic nitrogens is 2. The highest BCUT2D eigenvalue weighted by Crippen LogP contribution is 2.16. The fourth-order valence-corrected chi connectivity index (χ4v) is 1.01. The van der Waals surface area contributed by atoms with Crippen molar-refractivity contribution >= 4 is 6.08 Å². The van der Waals surface area contributed by atoms with Crippen molar-refractivity contribution in [1.82, 2.24) is 9.78 Å². The number of hydrogen-bond acceptors (Lipinski definition) is 4. The van der Waals surface area contributed by atoms with Crippen molar-refractivity contribution in [3.8, 4) is 6.07 Å². The van der Waals surface area contributed by atoms with Gasteiger partial charge in [0.2, 0.25) is 6.08 Å². The third kappa shape index (κ3) is 2.06. The zero-order chi connectivity index (χ0) is 10.6. The van der Waals surface area contributed by atoms with E-state index in [4.69, 9.17) is 5.26 Å². The SMILES string of the molecule is CC(C)n1cc(C(C#N)N=C=O)cn1. The zero-order valence-corrected chi connectivity index (χ0v) is 8.01. The maximum Gasteiger partial charge on any atom is 0.236 e. The average molecular weight is 190 g/mol. The van der Waals surface area contributed by atoms with Crippen LogP contribution in [-0.4, -0.2) is 15.9 Å².